The Hall–Kier alpha value is -0.940. The van der Waals surface area contributed by atoms with Gasteiger partial charge in [0.05, 0.1) is 11.4 Å². The highest BCUT2D eigenvalue weighted by molar-refractivity contribution is 7.90. The van der Waals surface area contributed by atoms with E-state index in [1.165, 1.54) is 18.2 Å². The lowest BCUT2D eigenvalue weighted by atomic mass is 9.92. The molecule has 0 bridgehead atoms. The number of sulfone groups is 1. The van der Waals surface area contributed by atoms with Crippen LogP contribution in [0, 0.1) is 0 Å². The van der Waals surface area contributed by atoms with E-state index in [4.69, 9.17) is 0 Å². The molecule has 1 atom stereocenters. The van der Waals surface area contributed by atoms with Crippen LogP contribution < -0.4 is 5.32 Å². The molecular weight excluding hydrogens is 248 g/mol. The molecule has 0 spiro atoms. The topological polar surface area (TPSA) is 59.1 Å². The molecule has 1 heterocycles. The van der Waals surface area contributed by atoms with Crippen LogP contribution in [0.5, 0.6) is 0 Å². The maximum atomic E-state index is 11.0. The largest absolute Gasteiger partial charge is 0.309 e. The highest BCUT2D eigenvalue weighted by Gasteiger charge is 2.20. The Morgan fingerprint density at radius 2 is 2.33 bits per heavy atom. The van der Waals surface area contributed by atoms with Crippen LogP contribution in [0.2, 0.25) is 0 Å². The van der Waals surface area contributed by atoms with E-state index in [1.54, 1.807) is 0 Å². The molecule has 1 aromatic heterocycles. The lowest BCUT2D eigenvalue weighted by Crippen LogP contribution is -2.28. The number of nitrogens with one attached hydrogen (secondary N) is 1. The van der Waals surface area contributed by atoms with Gasteiger partial charge in [0.2, 0.25) is 0 Å². The highest BCUT2D eigenvalue weighted by Crippen LogP contribution is 2.27. The minimum Gasteiger partial charge on any atom is -0.309 e. The smallest absolute Gasteiger partial charge is 0.147 e. The normalized spacial score (nSPS) is 19.5. The molecule has 18 heavy (non-hydrogen) atoms. The number of aryl methyl sites for hydroxylation is 1. The van der Waals surface area contributed by atoms with E-state index >= 15 is 0 Å². The third-order valence-electron chi connectivity index (χ3n) is 3.28. The van der Waals surface area contributed by atoms with Crippen molar-refractivity contribution in [3.8, 4) is 0 Å². The Morgan fingerprint density at radius 3 is 3.11 bits per heavy atom. The summed E-state index contributed by atoms with van der Waals surface area (Å²) in [5.74, 6) is 0.252. The van der Waals surface area contributed by atoms with E-state index in [0.29, 0.717) is 6.42 Å². The van der Waals surface area contributed by atoms with Crippen LogP contribution in [-0.4, -0.2) is 32.0 Å². The standard InChI is InChI=1S/C13H20N2O2S/c1-18(16,17)10-4-9-14-12-7-2-5-11-6-3-8-15-13(11)12/h3,6,8,12,14H,2,4-5,7,9-10H2,1H3. The summed E-state index contributed by atoms with van der Waals surface area (Å²) in [7, 11) is -2.84. The lowest BCUT2D eigenvalue weighted by molar-refractivity contribution is 0.449. The van der Waals surface area contributed by atoms with Crippen molar-refractivity contribution in [3.05, 3.63) is 29.6 Å². The van der Waals surface area contributed by atoms with Crippen molar-refractivity contribution in [2.45, 2.75) is 31.7 Å². The van der Waals surface area contributed by atoms with Gasteiger partial charge in [-0.25, -0.2) is 8.42 Å². The number of hydrogen-bond acceptors (Lipinski definition) is 4. The van der Waals surface area contributed by atoms with E-state index in [9.17, 15) is 8.42 Å². The first-order valence-corrected chi connectivity index (χ1v) is 8.47. The van der Waals surface area contributed by atoms with Crippen molar-refractivity contribution in [1.29, 1.82) is 0 Å². The number of nitrogens with zero attached hydrogens (tertiary/aromatic N) is 1. The molecule has 5 heteroatoms. The van der Waals surface area contributed by atoms with Gasteiger partial charge in [0.15, 0.2) is 0 Å². The predicted octanol–water partition coefficient (Wildman–Crippen LogP) is 1.48. The second-order valence-electron chi connectivity index (χ2n) is 4.93. The number of fused-ring (bicyclic) bond motifs is 1. The van der Waals surface area contributed by atoms with Crippen molar-refractivity contribution in [1.82, 2.24) is 10.3 Å². The van der Waals surface area contributed by atoms with E-state index < -0.39 is 9.84 Å². The number of aromatic nitrogens is 1. The van der Waals surface area contributed by atoms with Gasteiger partial charge in [-0.1, -0.05) is 6.07 Å². The SMILES string of the molecule is CS(=O)(=O)CCCNC1CCCc2cccnc21. The number of hydrogen-bond donors (Lipinski definition) is 1. The van der Waals surface area contributed by atoms with Crippen LogP contribution in [0.15, 0.2) is 18.3 Å². The molecule has 0 saturated carbocycles. The zero-order chi connectivity index (χ0) is 13.0. The quantitative estimate of drug-likeness (QED) is 0.822. The van der Waals surface area contributed by atoms with Crippen LogP contribution in [0.1, 0.15) is 36.6 Å². The van der Waals surface area contributed by atoms with Gasteiger partial charge < -0.3 is 5.32 Å². The Labute approximate surface area is 109 Å². The molecule has 1 aromatic rings. The van der Waals surface area contributed by atoms with Gasteiger partial charge in [0, 0.05) is 18.5 Å². The average Bonchev–Trinajstić information content (AvgIpc) is 2.33. The van der Waals surface area contributed by atoms with Crippen LogP contribution >= 0.6 is 0 Å². The van der Waals surface area contributed by atoms with Gasteiger partial charge in [-0.2, -0.15) is 0 Å². The third-order valence-corrected chi connectivity index (χ3v) is 4.31. The second-order valence-corrected chi connectivity index (χ2v) is 7.19. The van der Waals surface area contributed by atoms with E-state index in [2.05, 4.69) is 16.4 Å². The molecule has 0 radical (unpaired) electrons. The van der Waals surface area contributed by atoms with Crippen molar-refractivity contribution in [2.75, 3.05) is 18.6 Å². The van der Waals surface area contributed by atoms with Crippen molar-refractivity contribution in [3.63, 3.8) is 0 Å². The summed E-state index contributed by atoms with van der Waals surface area (Å²) in [5, 5.41) is 3.42. The molecule has 0 amide bonds. The summed E-state index contributed by atoms with van der Waals surface area (Å²) in [4.78, 5) is 4.45. The minimum atomic E-state index is -2.84. The average molecular weight is 268 g/mol. The molecule has 100 valence electrons. The van der Waals surface area contributed by atoms with Gasteiger partial charge >= 0.3 is 0 Å². The first-order chi connectivity index (χ1) is 8.56. The maximum absolute atomic E-state index is 11.0. The van der Waals surface area contributed by atoms with Crippen molar-refractivity contribution >= 4 is 9.84 Å². The fourth-order valence-electron chi connectivity index (χ4n) is 2.42. The number of rotatable bonds is 5. The third kappa shape index (κ3) is 3.78. The summed E-state index contributed by atoms with van der Waals surface area (Å²) < 4.78 is 22.1. The van der Waals surface area contributed by atoms with Gasteiger partial charge in [0.1, 0.15) is 9.84 Å². The molecule has 0 fully saturated rings. The zero-order valence-electron chi connectivity index (χ0n) is 10.7. The molecule has 4 nitrogen and oxygen atoms in total. The number of pyridine rings is 1. The molecule has 1 aliphatic carbocycles. The molecule has 0 saturated heterocycles. The zero-order valence-corrected chi connectivity index (χ0v) is 11.5. The van der Waals surface area contributed by atoms with Crippen LogP contribution in [0.4, 0.5) is 0 Å². The lowest BCUT2D eigenvalue weighted by Gasteiger charge is -2.25. The first-order valence-electron chi connectivity index (χ1n) is 6.41. The molecule has 1 unspecified atom stereocenters. The summed E-state index contributed by atoms with van der Waals surface area (Å²) in [6, 6.07) is 4.40. The Kier molecular flexibility index (Phi) is 4.35. The first kappa shape index (κ1) is 13.5. The van der Waals surface area contributed by atoms with Gasteiger partial charge in [0.25, 0.3) is 0 Å². The Morgan fingerprint density at radius 1 is 1.50 bits per heavy atom. The molecule has 0 aromatic carbocycles. The summed E-state index contributed by atoms with van der Waals surface area (Å²) in [5.41, 5.74) is 2.47. The van der Waals surface area contributed by atoms with Crippen molar-refractivity contribution in [2.24, 2.45) is 0 Å². The van der Waals surface area contributed by atoms with Crippen molar-refractivity contribution < 1.29 is 8.42 Å². The van der Waals surface area contributed by atoms with E-state index in [0.717, 1.165) is 25.1 Å². The molecular formula is C13H20N2O2S. The van der Waals surface area contributed by atoms with Crippen LogP contribution in [0.3, 0.4) is 0 Å². The monoisotopic (exact) mass is 268 g/mol. The second kappa shape index (κ2) is 5.80. The minimum absolute atomic E-state index is 0.252. The summed E-state index contributed by atoms with van der Waals surface area (Å²) in [6.45, 7) is 0.730. The molecule has 1 aliphatic rings. The van der Waals surface area contributed by atoms with Gasteiger partial charge in [-0.15, -0.1) is 0 Å². The van der Waals surface area contributed by atoms with Crippen LogP contribution in [0.25, 0.3) is 0 Å². The fourth-order valence-corrected chi connectivity index (χ4v) is 3.09. The highest BCUT2D eigenvalue weighted by atomic mass is 32.2. The van der Waals surface area contributed by atoms with Gasteiger partial charge in [-0.05, 0) is 43.9 Å². The summed E-state index contributed by atoms with van der Waals surface area (Å²) in [6.07, 6.45) is 7.13. The molecule has 0 aliphatic heterocycles. The van der Waals surface area contributed by atoms with Crippen LogP contribution in [-0.2, 0) is 16.3 Å². The fraction of sp³-hybridized carbons (Fsp3) is 0.615. The van der Waals surface area contributed by atoms with E-state index in [1.807, 2.05) is 12.3 Å². The van der Waals surface area contributed by atoms with E-state index in [-0.39, 0.29) is 11.8 Å². The summed E-state index contributed by atoms with van der Waals surface area (Å²) >= 11 is 0. The Balaban J connectivity index is 1.88. The predicted molar refractivity (Wildman–Crippen MR) is 72.2 cm³/mol. The maximum Gasteiger partial charge on any atom is 0.147 e. The molecule has 1 N–H and O–H groups in total. The molecule has 2 rings (SSSR count). The Bertz CT molecular complexity index is 499. The van der Waals surface area contributed by atoms with Gasteiger partial charge in [-0.3, -0.25) is 4.98 Å².